The minimum Gasteiger partial charge on any atom is -0.481 e. The molecule has 1 atom stereocenters. The van der Waals surface area contributed by atoms with Crippen molar-refractivity contribution in [3.8, 4) is 0 Å². The van der Waals surface area contributed by atoms with Crippen molar-refractivity contribution in [2.75, 3.05) is 23.3 Å². The Labute approximate surface area is 214 Å². The van der Waals surface area contributed by atoms with E-state index in [0.29, 0.717) is 47.9 Å². The fraction of sp³-hybridized carbons (Fsp3) is 0.607. The molecule has 8 heteroatoms. The molecule has 1 unspecified atom stereocenters. The molecule has 0 saturated carbocycles. The van der Waals surface area contributed by atoms with Crippen molar-refractivity contribution in [2.45, 2.75) is 86.0 Å². The molecular weight excluding hydrogens is 461 g/mol. The Bertz CT molecular complexity index is 1030. The van der Waals surface area contributed by atoms with E-state index in [1.165, 1.54) is 6.07 Å². The molecule has 2 N–H and O–H groups in total. The molecule has 0 saturated heterocycles. The lowest BCUT2D eigenvalue weighted by molar-refractivity contribution is -0.137. The van der Waals surface area contributed by atoms with E-state index < -0.39 is 11.8 Å². The molecule has 0 radical (unpaired) electrons. The van der Waals surface area contributed by atoms with Crippen LogP contribution in [-0.2, 0) is 21.4 Å². The number of carboxylic acid groups (broad SMARTS) is 1. The second kappa shape index (κ2) is 12.4. The average molecular weight is 504 g/mol. The van der Waals surface area contributed by atoms with Gasteiger partial charge in [0.2, 0.25) is 5.91 Å². The van der Waals surface area contributed by atoms with Crippen molar-refractivity contribution in [2.24, 2.45) is 11.8 Å². The highest BCUT2D eigenvalue weighted by Crippen LogP contribution is 2.36. The first-order valence-electron chi connectivity index (χ1n) is 12.8. The summed E-state index contributed by atoms with van der Waals surface area (Å²) in [6, 6.07) is 4.91. The van der Waals surface area contributed by atoms with Crippen LogP contribution in [0.1, 0.15) is 91.2 Å². The summed E-state index contributed by atoms with van der Waals surface area (Å²) in [5, 5.41) is 16.3. The number of benzene rings is 1. The van der Waals surface area contributed by atoms with E-state index in [-0.39, 0.29) is 41.9 Å². The normalized spacial score (nSPS) is 12.8. The summed E-state index contributed by atoms with van der Waals surface area (Å²) in [7, 11) is 0. The number of aromatic nitrogens is 1. The predicted octanol–water partition coefficient (Wildman–Crippen LogP) is 6.38. The largest absolute Gasteiger partial charge is 0.481 e. The third kappa shape index (κ3) is 8.35. The number of aliphatic carboxylic acids is 1. The van der Waals surface area contributed by atoms with E-state index in [4.69, 9.17) is 4.52 Å². The molecule has 200 valence electrons. The van der Waals surface area contributed by atoms with Crippen LogP contribution in [0.2, 0.25) is 0 Å². The lowest BCUT2D eigenvalue weighted by Gasteiger charge is -2.31. The number of nitrogens with zero attached hydrogens (tertiary/aromatic N) is 2. The second-order valence-electron chi connectivity index (χ2n) is 11.5. The molecule has 1 aromatic carbocycles. The molecule has 36 heavy (non-hydrogen) atoms. The topological polar surface area (TPSA) is 95.7 Å². The Morgan fingerprint density at radius 3 is 2.19 bits per heavy atom. The van der Waals surface area contributed by atoms with Crippen molar-refractivity contribution in [1.29, 1.82) is 0 Å². The van der Waals surface area contributed by atoms with Crippen LogP contribution >= 0.6 is 0 Å². The minimum absolute atomic E-state index is 0.0223. The first-order chi connectivity index (χ1) is 16.7. The molecule has 0 fully saturated rings. The number of amides is 1. The molecule has 0 aliphatic rings. The highest BCUT2D eigenvalue weighted by molar-refractivity contribution is 5.95. The van der Waals surface area contributed by atoms with Gasteiger partial charge in [-0.25, -0.2) is 4.39 Å². The maximum absolute atomic E-state index is 15.7. The van der Waals surface area contributed by atoms with E-state index in [1.54, 1.807) is 12.1 Å². The van der Waals surface area contributed by atoms with Crippen molar-refractivity contribution >= 4 is 23.3 Å². The van der Waals surface area contributed by atoms with Gasteiger partial charge >= 0.3 is 5.97 Å². The van der Waals surface area contributed by atoms with E-state index in [1.807, 2.05) is 32.6 Å². The Morgan fingerprint density at radius 1 is 1.11 bits per heavy atom. The summed E-state index contributed by atoms with van der Waals surface area (Å²) in [6.07, 6.45) is 0.402. The molecule has 0 bridgehead atoms. The molecule has 0 spiro atoms. The Balaban J connectivity index is 2.49. The molecule has 1 aromatic heterocycles. The lowest BCUT2D eigenvalue weighted by atomic mass is 9.92. The summed E-state index contributed by atoms with van der Waals surface area (Å²) in [4.78, 5) is 26.4. The molecular formula is C28H42FN3O4. The Kier molecular flexibility index (Phi) is 10.1. The molecule has 1 heterocycles. The number of hydrogen-bond acceptors (Lipinski definition) is 5. The fourth-order valence-electron chi connectivity index (χ4n) is 4.23. The zero-order valence-electron chi connectivity index (χ0n) is 22.9. The average Bonchev–Trinajstić information content (AvgIpc) is 3.19. The van der Waals surface area contributed by atoms with E-state index >= 15 is 4.39 Å². The van der Waals surface area contributed by atoms with Gasteiger partial charge in [-0.1, -0.05) is 60.5 Å². The highest BCUT2D eigenvalue weighted by Gasteiger charge is 2.25. The van der Waals surface area contributed by atoms with Gasteiger partial charge < -0.3 is 19.8 Å². The molecule has 2 aromatic rings. The number of halogens is 1. The van der Waals surface area contributed by atoms with Crippen LogP contribution in [0, 0.1) is 17.7 Å². The molecule has 7 nitrogen and oxygen atoms in total. The van der Waals surface area contributed by atoms with Gasteiger partial charge in [-0.15, -0.1) is 0 Å². The van der Waals surface area contributed by atoms with Crippen LogP contribution < -0.4 is 10.2 Å². The van der Waals surface area contributed by atoms with Gasteiger partial charge in [0.05, 0.1) is 29.9 Å². The van der Waals surface area contributed by atoms with Crippen LogP contribution in [-0.4, -0.2) is 35.2 Å². The zero-order chi connectivity index (χ0) is 27.2. The van der Waals surface area contributed by atoms with Gasteiger partial charge in [-0.3, -0.25) is 9.59 Å². The quantitative estimate of drug-likeness (QED) is 0.349. The van der Waals surface area contributed by atoms with Crippen LogP contribution in [0.15, 0.2) is 22.7 Å². The number of anilines is 2. The minimum atomic E-state index is -0.946. The van der Waals surface area contributed by atoms with Crippen molar-refractivity contribution in [1.82, 2.24) is 5.16 Å². The first-order valence-corrected chi connectivity index (χ1v) is 12.8. The SMILES string of the molecule is CCC(CC(=O)O)c1cc(F)c(N(CC(C)C)CC(C)C)c(NC(=O)Cc2cc(C(C)(C)C)on2)c1. The maximum Gasteiger partial charge on any atom is 0.303 e. The van der Waals surface area contributed by atoms with Crippen LogP contribution in [0.25, 0.3) is 0 Å². The van der Waals surface area contributed by atoms with Crippen LogP contribution in [0.4, 0.5) is 15.8 Å². The molecule has 1 amide bonds. The molecule has 0 aliphatic heterocycles. The lowest BCUT2D eigenvalue weighted by Crippen LogP contribution is -2.33. The maximum atomic E-state index is 15.7. The molecule has 2 rings (SSSR count). The van der Waals surface area contributed by atoms with Gasteiger partial charge in [0, 0.05) is 24.6 Å². The molecule has 0 aliphatic carbocycles. The van der Waals surface area contributed by atoms with Crippen LogP contribution in [0.5, 0.6) is 0 Å². The number of hydrogen-bond donors (Lipinski definition) is 2. The monoisotopic (exact) mass is 503 g/mol. The number of rotatable bonds is 12. The van der Waals surface area contributed by atoms with Gasteiger partial charge in [-0.05, 0) is 41.9 Å². The number of nitrogens with one attached hydrogen (secondary N) is 1. The predicted molar refractivity (Wildman–Crippen MR) is 141 cm³/mol. The van der Waals surface area contributed by atoms with E-state index in [0.717, 1.165) is 0 Å². The van der Waals surface area contributed by atoms with Gasteiger partial charge in [-0.2, -0.15) is 0 Å². The van der Waals surface area contributed by atoms with E-state index in [9.17, 15) is 14.7 Å². The summed E-state index contributed by atoms with van der Waals surface area (Å²) >= 11 is 0. The Morgan fingerprint density at radius 2 is 1.72 bits per heavy atom. The van der Waals surface area contributed by atoms with Gasteiger partial charge in [0.15, 0.2) is 0 Å². The number of carbonyl (C=O) groups excluding carboxylic acids is 1. The third-order valence-corrected chi connectivity index (χ3v) is 5.87. The first kappa shape index (κ1) is 29.3. The smallest absolute Gasteiger partial charge is 0.303 e. The van der Waals surface area contributed by atoms with Gasteiger partial charge in [0.25, 0.3) is 0 Å². The van der Waals surface area contributed by atoms with Crippen LogP contribution in [0.3, 0.4) is 0 Å². The third-order valence-electron chi connectivity index (χ3n) is 5.87. The van der Waals surface area contributed by atoms with Crippen molar-refractivity contribution < 1.29 is 23.6 Å². The standard InChI is InChI=1S/C28H42FN3O4/c1-9-19(12-26(34)35)20-10-22(29)27(32(15-17(2)3)16-18(4)5)23(11-20)30-25(33)14-21-13-24(36-31-21)28(6,7)8/h10-11,13,17-19H,9,12,14-16H2,1-8H3,(H,30,33)(H,34,35). The van der Waals surface area contributed by atoms with Crippen molar-refractivity contribution in [3.05, 3.63) is 41.0 Å². The van der Waals surface area contributed by atoms with E-state index in [2.05, 4.69) is 38.2 Å². The zero-order valence-corrected chi connectivity index (χ0v) is 22.9. The number of carbonyl (C=O) groups is 2. The number of carboxylic acids is 1. The summed E-state index contributed by atoms with van der Waals surface area (Å²) in [6.45, 7) is 17.4. The van der Waals surface area contributed by atoms with Crippen molar-refractivity contribution in [3.63, 3.8) is 0 Å². The summed E-state index contributed by atoms with van der Waals surface area (Å²) in [5.41, 5.74) is 1.49. The Hall–Kier alpha value is -2.90. The summed E-state index contributed by atoms with van der Waals surface area (Å²) in [5.74, 6) is -0.903. The highest BCUT2D eigenvalue weighted by atomic mass is 19.1. The fourth-order valence-corrected chi connectivity index (χ4v) is 4.23. The summed E-state index contributed by atoms with van der Waals surface area (Å²) < 4.78 is 21.1. The second-order valence-corrected chi connectivity index (χ2v) is 11.5. The van der Waals surface area contributed by atoms with Gasteiger partial charge in [0.1, 0.15) is 11.6 Å².